The quantitative estimate of drug-likeness (QED) is 0.656. The van der Waals surface area contributed by atoms with Gasteiger partial charge in [-0.25, -0.2) is 0 Å². The minimum absolute atomic E-state index is 0.0191. The summed E-state index contributed by atoms with van der Waals surface area (Å²) in [5.74, 6) is -0.179. The molecule has 15 heavy (non-hydrogen) atoms. The number of rotatable bonds is 2. The molecular weight excluding hydrogens is 190 g/mol. The van der Waals surface area contributed by atoms with Crippen molar-refractivity contribution in [3.8, 4) is 6.07 Å². The Morgan fingerprint density at radius 2 is 2.07 bits per heavy atom. The highest BCUT2D eigenvalue weighted by molar-refractivity contribution is 5.78. The number of nitrogens with zero attached hydrogens (tertiary/aromatic N) is 1. The fourth-order valence-electron chi connectivity index (χ4n) is 2.42. The first-order chi connectivity index (χ1) is 6.87. The molecule has 1 aliphatic rings. The van der Waals surface area contributed by atoms with Crippen LogP contribution in [0.15, 0.2) is 0 Å². The molecule has 2 atom stereocenters. The molecule has 0 bridgehead atoms. The minimum Gasteiger partial charge on any atom is -0.466 e. The third-order valence-corrected chi connectivity index (χ3v) is 3.81. The number of esters is 1. The van der Waals surface area contributed by atoms with Crippen molar-refractivity contribution < 1.29 is 9.53 Å². The van der Waals surface area contributed by atoms with Crippen LogP contribution in [0.1, 0.15) is 40.5 Å². The summed E-state index contributed by atoms with van der Waals surface area (Å²) in [4.78, 5) is 11.9. The van der Waals surface area contributed by atoms with Gasteiger partial charge in [-0.2, -0.15) is 5.26 Å². The van der Waals surface area contributed by atoms with E-state index in [-0.39, 0.29) is 17.3 Å². The third-order valence-electron chi connectivity index (χ3n) is 3.81. The normalized spacial score (nSPS) is 33.4. The van der Waals surface area contributed by atoms with Gasteiger partial charge in [0.25, 0.3) is 0 Å². The van der Waals surface area contributed by atoms with E-state index < -0.39 is 5.41 Å². The molecule has 1 aliphatic carbocycles. The largest absolute Gasteiger partial charge is 0.466 e. The van der Waals surface area contributed by atoms with Crippen LogP contribution in [0, 0.1) is 28.1 Å². The highest BCUT2D eigenvalue weighted by atomic mass is 16.5. The maximum absolute atomic E-state index is 11.9. The van der Waals surface area contributed by atoms with Crippen LogP contribution in [0.4, 0.5) is 0 Å². The molecule has 0 saturated heterocycles. The van der Waals surface area contributed by atoms with E-state index in [4.69, 9.17) is 10.00 Å². The summed E-state index contributed by atoms with van der Waals surface area (Å²) in [6, 6.07) is 2.26. The van der Waals surface area contributed by atoms with Crippen LogP contribution < -0.4 is 0 Å². The molecule has 0 aromatic carbocycles. The van der Waals surface area contributed by atoms with Gasteiger partial charge in [0.15, 0.2) is 0 Å². The van der Waals surface area contributed by atoms with Crippen molar-refractivity contribution in [2.24, 2.45) is 16.7 Å². The molecular formula is C12H19NO2. The van der Waals surface area contributed by atoms with Crippen molar-refractivity contribution in [1.29, 1.82) is 5.26 Å². The van der Waals surface area contributed by atoms with Crippen LogP contribution in [0.3, 0.4) is 0 Å². The number of carbonyl (C=O) groups is 1. The van der Waals surface area contributed by atoms with Crippen LogP contribution in [-0.2, 0) is 9.53 Å². The third kappa shape index (κ3) is 1.86. The SMILES string of the molecule is CCOC(=O)C1(C)CC(C#N)CC1(C)C. The number of carbonyl (C=O) groups excluding carboxylic acids is 1. The highest BCUT2D eigenvalue weighted by Crippen LogP contribution is 2.55. The van der Waals surface area contributed by atoms with Crippen LogP contribution >= 0.6 is 0 Å². The first kappa shape index (κ1) is 12.0. The Morgan fingerprint density at radius 1 is 1.47 bits per heavy atom. The van der Waals surface area contributed by atoms with Gasteiger partial charge in [0.05, 0.1) is 18.1 Å². The first-order valence-corrected chi connectivity index (χ1v) is 5.44. The molecule has 0 amide bonds. The zero-order chi connectivity index (χ0) is 11.7. The molecule has 0 heterocycles. The van der Waals surface area contributed by atoms with Gasteiger partial charge in [0.2, 0.25) is 0 Å². The standard InChI is InChI=1S/C12H19NO2/c1-5-15-10(14)12(4)7-9(8-13)6-11(12,2)3/h9H,5-7H2,1-4H3. The van der Waals surface area contributed by atoms with Gasteiger partial charge in [0.1, 0.15) is 0 Å². The molecule has 0 aliphatic heterocycles. The fraction of sp³-hybridized carbons (Fsp3) is 0.833. The van der Waals surface area contributed by atoms with Crippen molar-refractivity contribution in [2.75, 3.05) is 6.61 Å². The van der Waals surface area contributed by atoms with E-state index in [0.29, 0.717) is 13.0 Å². The smallest absolute Gasteiger partial charge is 0.312 e. The molecule has 0 radical (unpaired) electrons. The molecule has 0 spiro atoms. The second kappa shape index (κ2) is 3.84. The predicted molar refractivity (Wildman–Crippen MR) is 56.9 cm³/mol. The Kier molecular flexibility index (Phi) is 3.08. The van der Waals surface area contributed by atoms with Crippen molar-refractivity contribution in [2.45, 2.75) is 40.5 Å². The van der Waals surface area contributed by atoms with Gasteiger partial charge >= 0.3 is 5.97 Å². The predicted octanol–water partition coefficient (Wildman–Crippen LogP) is 2.52. The van der Waals surface area contributed by atoms with Gasteiger partial charge in [-0.15, -0.1) is 0 Å². The van der Waals surface area contributed by atoms with Crippen LogP contribution in [0.5, 0.6) is 0 Å². The highest BCUT2D eigenvalue weighted by Gasteiger charge is 2.55. The molecule has 3 nitrogen and oxygen atoms in total. The number of ether oxygens (including phenoxy) is 1. The summed E-state index contributed by atoms with van der Waals surface area (Å²) in [5.41, 5.74) is -0.664. The monoisotopic (exact) mass is 209 g/mol. The Bertz CT molecular complexity index is 303. The summed E-state index contributed by atoms with van der Waals surface area (Å²) < 4.78 is 5.11. The average Bonchev–Trinajstić information content (AvgIpc) is 2.39. The van der Waals surface area contributed by atoms with Crippen molar-refractivity contribution >= 4 is 5.97 Å². The molecule has 0 aromatic heterocycles. The summed E-state index contributed by atoms with van der Waals surface area (Å²) in [7, 11) is 0. The lowest BCUT2D eigenvalue weighted by atomic mass is 9.69. The molecule has 1 fully saturated rings. The van der Waals surface area contributed by atoms with E-state index in [0.717, 1.165) is 6.42 Å². The van der Waals surface area contributed by atoms with Gasteiger partial charge in [-0.3, -0.25) is 4.79 Å². The minimum atomic E-state index is -0.511. The van der Waals surface area contributed by atoms with E-state index in [1.807, 2.05) is 27.7 Å². The lowest BCUT2D eigenvalue weighted by molar-refractivity contribution is -0.159. The van der Waals surface area contributed by atoms with E-state index in [1.165, 1.54) is 0 Å². The van der Waals surface area contributed by atoms with Crippen molar-refractivity contribution in [3.05, 3.63) is 0 Å². The van der Waals surface area contributed by atoms with Gasteiger partial charge in [0, 0.05) is 5.92 Å². The lowest BCUT2D eigenvalue weighted by Gasteiger charge is -2.35. The number of nitriles is 1. The van der Waals surface area contributed by atoms with E-state index >= 15 is 0 Å². The Labute approximate surface area is 91.4 Å². The number of hydrogen-bond donors (Lipinski definition) is 0. The van der Waals surface area contributed by atoms with Crippen LogP contribution in [0.2, 0.25) is 0 Å². The summed E-state index contributed by atoms with van der Waals surface area (Å²) in [6.45, 7) is 8.22. The Hall–Kier alpha value is -1.04. The summed E-state index contributed by atoms with van der Waals surface area (Å²) in [5, 5.41) is 8.94. The lowest BCUT2D eigenvalue weighted by Crippen LogP contribution is -2.39. The zero-order valence-electron chi connectivity index (χ0n) is 9.96. The summed E-state index contributed by atoms with van der Waals surface area (Å²) >= 11 is 0. The van der Waals surface area contributed by atoms with Gasteiger partial charge < -0.3 is 4.74 Å². The average molecular weight is 209 g/mol. The second-order valence-corrected chi connectivity index (χ2v) is 5.17. The topological polar surface area (TPSA) is 50.1 Å². The number of hydrogen-bond acceptors (Lipinski definition) is 3. The van der Waals surface area contributed by atoms with Gasteiger partial charge in [-0.1, -0.05) is 13.8 Å². The van der Waals surface area contributed by atoms with E-state index in [2.05, 4.69) is 6.07 Å². The Balaban J connectivity index is 2.93. The molecule has 0 N–H and O–H groups in total. The summed E-state index contributed by atoms with van der Waals surface area (Å²) in [6.07, 6.45) is 1.40. The van der Waals surface area contributed by atoms with Gasteiger partial charge in [-0.05, 0) is 32.1 Å². The Morgan fingerprint density at radius 3 is 2.47 bits per heavy atom. The van der Waals surface area contributed by atoms with Crippen molar-refractivity contribution in [1.82, 2.24) is 0 Å². The first-order valence-electron chi connectivity index (χ1n) is 5.44. The van der Waals surface area contributed by atoms with Crippen LogP contribution in [-0.4, -0.2) is 12.6 Å². The molecule has 0 aromatic rings. The maximum Gasteiger partial charge on any atom is 0.312 e. The molecule has 3 heteroatoms. The fourth-order valence-corrected chi connectivity index (χ4v) is 2.42. The van der Waals surface area contributed by atoms with Crippen LogP contribution in [0.25, 0.3) is 0 Å². The van der Waals surface area contributed by atoms with E-state index in [1.54, 1.807) is 0 Å². The molecule has 1 saturated carbocycles. The molecule has 84 valence electrons. The van der Waals surface area contributed by atoms with Crippen molar-refractivity contribution in [3.63, 3.8) is 0 Å². The second-order valence-electron chi connectivity index (χ2n) is 5.17. The van der Waals surface area contributed by atoms with E-state index in [9.17, 15) is 4.79 Å². The zero-order valence-corrected chi connectivity index (χ0v) is 9.96. The maximum atomic E-state index is 11.9. The molecule has 2 unspecified atom stereocenters. The molecule has 1 rings (SSSR count).